The van der Waals surface area contributed by atoms with E-state index < -0.39 is 0 Å². The summed E-state index contributed by atoms with van der Waals surface area (Å²) in [6, 6.07) is 8.04. The highest BCUT2D eigenvalue weighted by atomic mass is 15.1. The first kappa shape index (κ1) is 19.7. The number of allylic oxidation sites excluding steroid dienone is 2. The molecule has 0 aromatic carbocycles. The number of aromatic amines is 2. The molecule has 0 aliphatic heterocycles. The van der Waals surface area contributed by atoms with Gasteiger partial charge in [-0.2, -0.15) is 5.10 Å². The molecule has 5 rings (SSSR count). The predicted molar refractivity (Wildman–Crippen MR) is 128 cm³/mol. The van der Waals surface area contributed by atoms with Gasteiger partial charge >= 0.3 is 0 Å². The molecular formula is C25H23N7. The van der Waals surface area contributed by atoms with Crippen LogP contribution in [0.5, 0.6) is 0 Å². The second kappa shape index (κ2) is 7.77. The lowest BCUT2D eigenvalue weighted by molar-refractivity contribution is 0.845. The van der Waals surface area contributed by atoms with Gasteiger partial charge in [-0.25, -0.2) is 9.97 Å². The van der Waals surface area contributed by atoms with Crippen LogP contribution in [0, 0.1) is 6.92 Å². The third-order valence-electron chi connectivity index (χ3n) is 5.78. The van der Waals surface area contributed by atoms with Crippen LogP contribution in [0.25, 0.3) is 51.8 Å². The standard InChI is InChI=1S/C25H23N7/c1-15(23-14-28-17(3)32(23)4)7-8-21-16(2)24(31-30-21)22-12-20-19(9-11-27-25(20)29-22)18-6-5-10-26-13-18/h5-14,30H,2H2,1,3-4H3,(H,27,29)/b15-7+,21-8+. The van der Waals surface area contributed by atoms with Crippen molar-refractivity contribution in [3.05, 3.63) is 77.2 Å². The molecule has 5 aromatic rings. The molecule has 32 heavy (non-hydrogen) atoms. The molecule has 5 aromatic heterocycles. The summed E-state index contributed by atoms with van der Waals surface area (Å²) in [5, 5.41) is 10.3. The van der Waals surface area contributed by atoms with Gasteiger partial charge in [0.25, 0.3) is 0 Å². The quantitative estimate of drug-likeness (QED) is 0.466. The van der Waals surface area contributed by atoms with Gasteiger partial charge < -0.3 is 9.55 Å². The molecule has 0 aliphatic rings. The Kier molecular flexibility index (Phi) is 4.78. The Morgan fingerprint density at radius 1 is 1.16 bits per heavy atom. The number of fused-ring (bicyclic) bond motifs is 1. The monoisotopic (exact) mass is 421 g/mol. The fourth-order valence-corrected chi connectivity index (χ4v) is 3.83. The van der Waals surface area contributed by atoms with E-state index in [2.05, 4.69) is 60.3 Å². The van der Waals surface area contributed by atoms with Crippen LogP contribution in [0.4, 0.5) is 0 Å². The minimum Gasteiger partial charge on any atom is -0.338 e. The number of aromatic nitrogens is 7. The van der Waals surface area contributed by atoms with Crippen LogP contribution in [0.15, 0.2) is 55.1 Å². The molecule has 7 heteroatoms. The summed E-state index contributed by atoms with van der Waals surface area (Å²) in [5.41, 5.74) is 6.75. The molecule has 0 unspecified atom stereocenters. The fourth-order valence-electron chi connectivity index (χ4n) is 3.83. The Morgan fingerprint density at radius 3 is 2.78 bits per heavy atom. The summed E-state index contributed by atoms with van der Waals surface area (Å²) in [4.78, 5) is 16.5. The third-order valence-corrected chi connectivity index (χ3v) is 5.78. The van der Waals surface area contributed by atoms with Crippen molar-refractivity contribution < 1.29 is 0 Å². The van der Waals surface area contributed by atoms with E-state index in [1.165, 1.54) is 0 Å². The van der Waals surface area contributed by atoms with Crippen molar-refractivity contribution in [3.8, 4) is 22.5 Å². The molecule has 158 valence electrons. The Labute approximate surface area is 184 Å². The summed E-state index contributed by atoms with van der Waals surface area (Å²) >= 11 is 0. The Bertz CT molecular complexity index is 1570. The first-order valence-electron chi connectivity index (χ1n) is 10.3. The number of nitrogens with one attached hydrogen (secondary N) is 2. The van der Waals surface area contributed by atoms with Crippen molar-refractivity contribution >= 4 is 29.3 Å². The van der Waals surface area contributed by atoms with Crippen LogP contribution < -0.4 is 10.6 Å². The molecule has 0 saturated carbocycles. The van der Waals surface area contributed by atoms with E-state index in [0.29, 0.717) is 0 Å². The topological polar surface area (TPSA) is 88.1 Å². The SMILES string of the molecule is C=c1c(-c2cc3c(-c4cccnc4)ccnc3[nH]2)n[nH]/c1=C/C=C(\C)c1cnc(C)n1C. The zero-order valence-corrected chi connectivity index (χ0v) is 18.2. The summed E-state index contributed by atoms with van der Waals surface area (Å²) < 4.78 is 2.07. The van der Waals surface area contributed by atoms with E-state index in [9.17, 15) is 0 Å². The number of imidazole rings is 1. The van der Waals surface area contributed by atoms with Crippen LogP contribution in [-0.2, 0) is 7.05 Å². The van der Waals surface area contributed by atoms with Gasteiger partial charge in [0, 0.05) is 41.8 Å². The van der Waals surface area contributed by atoms with Crippen molar-refractivity contribution in [2.45, 2.75) is 13.8 Å². The van der Waals surface area contributed by atoms with E-state index in [1.807, 2.05) is 50.6 Å². The molecule has 0 atom stereocenters. The maximum Gasteiger partial charge on any atom is 0.138 e. The second-order valence-electron chi connectivity index (χ2n) is 7.78. The van der Waals surface area contributed by atoms with Crippen molar-refractivity contribution in [3.63, 3.8) is 0 Å². The normalized spacial score (nSPS) is 12.7. The highest BCUT2D eigenvalue weighted by Gasteiger charge is 2.12. The van der Waals surface area contributed by atoms with Gasteiger partial charge in [0.2, 0.25) is 0 Å². The van der Waals surface area contributed by atoms with Gasteiger partial charge in [-0.05, 0) is 49.3 Å². The number of rotatable bonds is 4. The number of aryl methyl sites for hydroxylation is 1. The first-order chi connectivity index (χ1) is 15.5. The van der Waals surface area contributed by atoms with Crippen LogP contribution in [-0.4, -0.2) is 34.7 Å². The van der Waals surface area contributed by atoms with E-state index in [-0.39, 0.29) is 0 Å². The summed E-state index contributed by atoms with van der Waals surface area (Å²) in [5.74, 6) is 0.979. The van der Waals surface area contributed by atoms with Gasteiger partial charge in [0.1, 0.15) is 17.2 Å². The summed E-state index contributed by atoms with van der Waals surface area (Å²) in [7, 11) is 2.01. The number of hydrogen-bond acceptors (Lipinski definition) is 4. The molecule has 0 amide bonds. The van der Waals surface area contributed by atoms with Crippen LogP contribution in [0.3, 0.4) is 0 Å². The Morgan fingerprint density at radius 2 is 2.03 bits per heavy atom. The lowest BCUT2D eigenvalue weighted by Crippen LogP contribution is -2.21. The maximum atomic E-state index is 4.52. The van der Waals surface area contributed by atoms with E-state index in [4.69, 9.17) is 0 Å². The van der Waals surface area contributed by atoms with Crippen LogP contribution >= 0.6 is 0 Å². The zero-order valence-electron chi connectivity index (χ0n) is 18.2. The van der Waals surface area contributed by atoms with Gasteiger partial charge in [0.15, 0.2) is 0 Å². The number of H-pyrrole nitrogens is 2. The van der Waals surface area contributed by atoms with Gasteiger partial charge in [-0.3, -0.25) is 10.1 Å². The molecule has 0 bridgehead atoms. The molecule has 0 radical (unpaired) electrons. The smallest absolute Gasteiger partial charge is 0.138 e. The maximum absolute atomic E-state index is 4.52. The summed E-state index contributed by atoms with van der Waals surface area (Å²) in [6.07, 6.45) is 11.4. The molecule has 0 fully saturated rings. The Hall–Kier alpha value is -4.26. The number of hydrogen-bond donors (Lipinski definition) is 2. The molecule has 2 N–H and O–H groups in total. The molecule has 0 aliphatic carbocycles. The largest absolute Gasteiger partial charge is 0.338 e. The summed E-state index contributed by atoms with van der Waals surface area (Å²) in [6.45, 7) is 8.31. The average molecular weight is 422 g/mol. The lowest BCUT2D eigenvalue weighted by atomic mass is 10.1. The molecular weight excluding hydrogens is 398 g/mol. The van der Waals surface area contributed by atoms with Crippen molar-refractivity contribution in [2.24, 2.45) is 7.05 Å². The van der Waals surface area contributed by atoms with E-state index in [0.717, 1.165) is 61.2 Å². The van der Waals surface area contributed by atoms with Crippen LogP contribution in [0.1, 0.15) is 18.4 Å². The number of pyridine rings is 2. The molecule has 0 spiro atoms. The molecule has 0 saturated heterocycles. The van der Waals surface area contributed by atoms with E-state index in [1.54, 1.807) is 12.4 Å². The van der Waals surface area contributed by atoms with E-state index >= 15 is 0 Å². The minimum atomic E-state index is 0.772. The highest BCUT2D eigenvalue weighted by Crippen LogP contribution is 2.29. The first-order valence-corrected chi connectivity index (χ1v) is 10.3. The highest BCUT2D eigenvalue weighted by molar-refractivity contribution is 5.95. The third kappa shape index (κ3) is 3.33. The number of nitrogens with zero attached hydrogens (tertiary/aromatic N) is 5. The van der Waals surface area contributed by atoms with Crippen molar-refractivity contribution in [1.29, 1.82) is 0 Å². The Balaban J connectivity index is 1.55. The second-order valence-corrected chi connectivity index (χ2v) is 7.78. The van der Waals surface area contributed by atoms with Gasteiger partial charge in [0.05, 0.1) is 22.9 Å². The average Bonchev–Trinajstić information content (AvgIpc) is 3.49. The minimum absolute atomic E-state index is 0.772. The van der Waals surface area contributed by atoms with Crippen molar-refractivity contribution in [2.75, 3.05) is 0 Å². The van der Waals surface area contributed by atoms with Crippen molar-refractivity contribution in [1.82, 2.24) is 34.7 Å². The molecule has 5 heterocycles. The lowest BCUT2D eigenvalue weighted by Gasteiger charge is -2.02. The van der Waals surface area contributed by atoms with Gasteiger partial charge in [-0.15, -0.1) is 0 Å². The van der Waals surface area contributed by atoms with Crippen LogP contribution in [0.2, 0.25) is 0 Å². The predicted octanol–water partition coefficient (Wildman–Crippen LogP) is 3.35. The molecule has 7 nitrogen and oxygen atoms in total. The fraction of sp³-hybridized carbons (Fsp3) is 0.120. The van der Waals surface area contributed by atoms with Gasteiger partial charge in [-0.1, -0.05) is 18.7 Å². The zero-order chi connectivity index (χ0) is 22.2.